The zero-order valence-corrected chi connectivity index (χ0v) is 18.8. The third kappa shape index (κ3) is 11.2. The second kappa shape index (κ2) is 12.7. The standard InChI is InChI=1S/C22H35N3O2S/c1-6-7-8-9-10-11-13-19-14-12-15-21(16-19)24(2)28-23-20(17-22(26)27)18-25(3,4)5/h12,14-16,20,23H,6-10,17-18H2,1-5H3/p+1. The molecular formula is C22H36N3O2S+. The average molecular weight is 407 g/mol. The van der Waals surface area contributed by atoms with Crippen LogP contribution in [0.15, 0.2) is 24.3 Å². The minimum absolute atomic E-state index is 0.0971. The number of carboxylic acids is 1. The SMILES string of the molecule is CCCCCCC#Cc1cccc(N(C)SNC(CC(=O)O)C[N+](C)(C)C)c1. The maximum absolute atomic E-state index is 11.2. The van der Waals surface area contributed by atoms with Gasteiger partial charge in [0.25, 0.3) is 0 Å². The van der Waals surface area contributed by atoms with Crippen LogP contribution in [-0.2, 0) is 4.79 Å². The molecule has 2 N–H and O–H groups in total. The number of nitrogens with zero attached hydrogens (tertiary/aromatic N) is 2. The van der Waals surface area contributed by atoms with Crippen LogP contribution in [0.5, 0.6) is 0 Å². The molecule has 1 unspecified atom stereocenters. The first-order chi connectivity index (χ1) is 13.2. The Balaban J connectivity index is 2.62. The van der Waals surface area contributed by atoms with Gasteiger partial charge in [-0.3, -0.25) is 4.79 Å². The number of carbonyl (C=O) groups is 1. The van der Waals surface area contributed by atoms with E-state index in [2.05, 4.69) is 50.7 Å². The molecule has 0 radical (unpaired) electrons. The molecule has 0 amide bonds. The Hall–Kier alpha value is -1.68. The first-order valence-corrected chi connectivity index (χ1v) is 10.8. The molecule has 1 aromatic carbocycles. The van der Waals surface area contributed by atoms with E-state index < -0.39 is 5.97 Å². The molecule has 156 valence electrons. The molecule has 0 saturated carbocycles. The van der Waals surface area contributed by atoms with Crippen LogP contribution in [-0.4, -0.2) is 56.3 Å². The first kappa shape index (κ1) is 24.4. The summed E-state index contributed by atoms with van der Waals surface area (Å²) in [6.45, 7) is 2.95. The van der Waals surface area contributed by atoms with E-state index in [0.29, 0.717) is 4.48 Å². The summed E-state index contributed by atoms with van der Waals surface area (Å²) < 4.78 is 6.03. The number of hydrogen-bond donors (Lipinski definition) is 2. The smallest absolute Gasteiger partial charge is 0.305 e. The second-order valence-electron chi connectivity index (χ2n) is 8.14. The Labute approximate surface area is 175 Å². The predicted octanol–water partition coefficient (Wildman–Crippen LogP) is 4.15. The maximum atomic E-state index is 11.2. The fourth-order valence-corrected chi connectivity index (χ4v) is 3.49. The average Bonchev–Trinajstić information content (AvgIpc) is 2.61. The van der Waals surface area contributed by atoms with Crippen LogP contribution in [0.3, 0.4) is 0 Å². The molecule has 1 rings (SSSR count). The summed E-state index contributed by atoms with van der Waals surface area (Å²) in [6, 6.07) is 8.02. The molecule has 5 nitrogen and oxygen atoms in total. The highest BCUT2D eigenvalue weighted by Crippen LogP contribution is 2.20. The lowest BCUT2D eigenvalue weighted by Gasteiger charge is -2.30. The van der Waals surface area contributed by atoms with Gasteiger partial charge in [-0.1, -0.05) is 44.1 Å². The molecule has 6 heteroatoms. The Morgan fingerprint density at radius 3 is 2.68 bits per heavy atom. The Kier molecular flexibility index (Phi) is 11.1. The predicted molar refractivity (Wildman–Crippen MR) is 120 cm³/mol. The molecule has 1 atom stereocenters. The molecule has 0 aliphatic carbocycles. The first-order valence-electron chi connectivity index (χ1n) is 9.98. The Morgan fingerprint density at radius 1 is 1.29 bits per heavy atom. The summed E-state index contributed by atoms with van der Waals surface area (Å²) in [5.74, 6) is 5.73. The van der Waals surface area contributed by atoms with Crippen molar-refractivity contribution in [1.29, 1.82) is 0 Å². The van der Waals surface area contributed by atoms with Crippen molar-refractivity contribution in [1.82, 2.24) is 4.72 Å². The monoisotopic (exact) mass is 406 g/mol. The van der Waals surface area contributed by atoms with E-state index in [-0.39, 0.29) is 12.5 Å². The van der Waals surface area contributed by atoms with Gasteiger partial charge in [0.15, 0.2) is 0 Å². The third-order valence-corrected chi connectivity index (χ3v) is 5.07. The number of likely N-dealkylation sites (N-methyl/N-ethyl adjacent to an activating group) is 1. The second-order valence-corrected chi connectivity index (χ2v) is 9.10. The molecule has 0 heterocycles. The fourth-order valence-electron chi connectivity index (χ4n) is 2.81. The summed E-state index contributed by atoms with van der Waals surface area (Å²) in [4.78, 5) is 11.2. The topological polar surface area (TPSA) is 52.6 Å². The number of aliphatic carboxylic acids is 1. The quantitative estimate of drug-likeness (QED) is 0.236. The van der Waals surface area contributed by atoms with Crippen LogP contribution in [0.2, 0.25) is 0 Å². The largest absolute Gasteiger partial charge is 0.481 e. The van der Waals surface area contributed by atoms with E-state index in [9.17, 15) is 4.79 Å². The molecule has 0 bridgehead atoms. The lowest BCUT2D eigenvalue weighted by Crippen LogP contribution is -2.46. The van der Waals surface area contributed by atoms with Gasteiger partial charge in [-0.2, -0.15) is 0 Å². The Bertz CT molecular complexity index is 662. The van der Waals surface area contributed by atoms with Crippen molar-refractivity contribution >= 4 is 23.8 Å². The van der Waals surface area contributed by atoms with Gasteiger partial charge in [0.2, 0.25) is 0 Å². The summed E-state index contributed by atoms with van der Waals surface area (Å²) in [6.07, 6.45) is 5.98. The van der Waals surface area contributed by atoms with Crippen molar-refractivity contribution in [3.8, 4) is 11.8 Å². The number of nitrogens with one attached hydrogen (secondary N) is 1. The molecule has 0 aliphatic heterocycles. The molecule has 0 aliphatic rings. The van der Waals surface area contributed by atoms with Gasteiger partial charge in [0, 0.05) is 36.9 Å². The highest BCUT2D eigenvalue weighted by molar-refractivity contribution is 7.98. The molecule has 28 heavy (non-hydrogen) atoms. The van der Waals surface area contributed by atoms with Gasteiger partial charge in [0.05, 0.1) is 40.2 Å². The lowest BCUT2D eigenvalue weighted by atomic mass is 10.1. The highest BCUT2D eigenvalue weighted by atomic mass is 32.2. The van der Waals surface area contributed by atoms with Gasteiger partial charge < -0.3 is 13.9 Å². The molecule has 1 aromatic rings. The van der Waals surface area contributed by atoms with Gasteiger partial charge >= 0.3 is 5.97 Å². The molecule has 0 spiro atoms. The molecular weight excluding hydrogens is 370 g/mol. The normalized spacial score (nSPS) is 12.2. The summed E-state index contributed by atoms with van der Waals surface area (Å²) in [7, 11) is 8.17. The van der Waals surface area contributed by atoms with Crippen molar-refractivity contribution < 1.29 is 14.4 Å². The van der Waals surface area contributed by atoms with Crippen LogP contribution < -0.4 is 9.03 Å². The van der Waals surface area contributed by atoms with Crippen LogP contribution in [0.1, 0.15) is 51.0 Å². The molecule has 0 aromatic heterocycles. The van der Waals surface area contributed by atoms with Gasteiger partial charge in [-0.25, -0.2) is 4.72 Å². The van der Waals surface area contributed by atoms with Crippen molar-refractivity contribution in [2.24, 2.45) is 0 Å². The molecule has 0 saturated heterocycles. The number of hydrogen-bond acceptors (Lipinski definition) is 4. The van der Waals surface area contributed by atoms with Crippen molar-refractivity contribution in [2.45, 2.75) is 51.5 Å². The van der Waals surface area contributed by atoms with Crippen LogP contribution >= 0.6 is 12.1 Å². The van der Waals surface area contributed by atoms with Crippen LogP contribution in [0.25, 0.3) is 0 Å². The van der Waals surface area contributed by atoms with Crippen molar-refractivity contribution in [3.05, 3.63) is 29.8 Å². The Morgan fingerprint density at radius 2 is 2.04 bits per heavy atom. The van der Waals surface area contributed by atoms with E-state index >= 15 is 0 Å². The number of benzene rings is 1. The number of anilines is 1. The minimum Gasteiger partial charge on any atom is -0.481 e. The van der Waals surface area contributed by atoms with Crippen LogP contribution in [0.4, 0.5) is 5.69 Å². The van der Waals surface area contributed by atoms with Gasteiger partial charge in [0.1, 0.15) is 0 Å². The van der Waals surface area contributed by atoms with E-state index in [4.69, 9.17) is 5.11 Å². The maximum Gasteiger partial charge on any atom is 0.305 e. The number of unbranched alkanes of at least 4 members (excludes halogenated alkanes) is 4. The molecule has 0 fully saturated rings. The van der Waals surface area contributed by atoms with E-state index in [1.54, 1.807) is 0 Å². The van der Waals surface area contributed by atoms with Gasteiger partial charge in [-0.15, -0.1) is 0 Å². The zero-order valence-electron chi connectivity index (χ0n) is 18.0. The summed E-state index contributed by atoms with van der Waals surface area (Å²) in [5.41, 5.74) is 2.04. The van der Waals surface area contributed by atoms with E-state index in [0.717, 1.165) is 30.6 Å². The highest BCUT2D eigenvalue weighted by Gasteiger charge is 2.21. The summed E-state index contributed by atoms with van der Waals surface area (Å²) in [5, 5.41) is 9.16. The summed E-state index contributed by atoms with van der Waals surface area (Å²) >= 11 is 1.43. The van der Waals surface area contributed by atoms with Crippen molar-refractivity contribution in [3.63, 3.8) is 0 Å². The van der Waals surface area contributed by atoms with Crippen LogP contribution in [0, 0.1) is 11.8 Å². The minimum atomic E-state index is -0.787. The van der Waals surface area contributed by atoms with Crippen molar-refractivity contribution in [2.75, 3.05) is 39.0 Å². The van der Waals surface area contributed by atoms with E-state index in [1.807, 2.05) is 29.6 Å². The number of carboxylic acid groups (broad SMARTS) is 1. The lowest BCUT2D eigenvalue weighted by molar-refractivity contribution is -0.871. The third-order valence-electron chi connectivity index (χ3n) is 4.14. The van der Waals surface area contributed by atoms with E-state index in [1.165, 1.54) is 31.4 Å². The van der Waals surface area contributed by atoms with Gasteiger partial charge in [-0.05, 0) is 24.6 Å². The number of quaternary nitrogens is 1. The number of rotatable bonds is 12. The fraction of sp³-hybridized carbons (Fsp3) is 0.591. The zero-order chi connectivity index (χ0) is 21.0.